The molecule has 8 aromatic rings. The predicted octanol–water partition coefficient (Wildman–Crippen LogP) is 7.70. The lowest BCUT2D eigenvalue weighted by Gasteiger charge is -2.35. The number of nitrogen functional groups attached to an aromatic ring is 2. The first-order valence-electron chi connectivity index (χ1n) is 21.4. The summed E-state index contributed by atoms with van der Waals surface area (Å²) >= 11 is 0. The monoisotopic (exact) mass is 898 g/mol. The highest BCUT2D eigenvalue weighted by Crippen LogP contribution is 2.41. The lowest BCUT2D eigenvalue weighted by atomic mass is 9.87. The fourth-order valence-electron chi connectivity index (χ4n) is 8.39. The molecule has 18 heteroatoms. The molecular weight excluding hydrogens is 859 g/mol. The highest BCUT2D eigenvalue weighted by atomic mass is 19.1. The van der Waals surface area contributed by atoms with Gasteiger partial charge in [-0.05, 0) is 98.7 Å². The van der Waals surface area contributed by atoms with E-state index in [1.54, 1.807) is 77.0 Å². The van der Waals surface area contributed by atoms with E-state index in [2.05, 4.69) is 42.4 Å². The number of rotatable bonds is 12. The molecule has 2 fully saturated rings. The third kappa shape index (κ3) is 8.53. The zero-order chi connectivity index (χ0) is 46.2. The largest absolute Gasteiger partial charge is 0.457 e. The Morgan fingerprint density at radius 3 is 1.75 bits per heavy atom. The topological polar surface area (TPSA) is 216 Å². The van der Waals surface area contributed by atoms with Crippen molar-refractivity contribution in [3.63, 3.8) is 0 Å². The number of para-hydroxylation sites is 1. The number of hydrogen-bond acceptors (Lipinski definition) is 12. The van der Waals surface area contributed by atoms with E-state index in [0.29, 0.717) is 76.3 Å². The maximum atomic E-state index is 15.9. The zero-order valence-electron chi connectivity index (χ0n) is 35.7. The van der Waals surface area contributed by atoms with Crippen LogP contribution in [0.2, 0.25) is 0 Å². The first-order chi connectivity index (χ1) is 32.6. The van der Waals surface area contributed by atoms with Crippen molar-refractivity contribution in [2.24, 2.45) is 0 Å². The van der Waals surface area contributed by atoms with E-state index < -0.39 is 11.6 Å². The van der Waals surface area contributed by atoms with Gasteiger partial charge in [-0.25, -0.2) is 38.1 Å². The number of carbonyl (C=O) groups is 2. The summed E-state index contributed by atoms with van der Waals surface area (Å²) in [4.78, 5) is 42.1. The molecule has 4 aromatic carbocycles. The number of hydrogen-bond donors (Lipinski definition) is 4. The van der Waals surface area contributed by atoms with Gasteiger partial charge < -0.3 is 31.6 Å². The van der Waals surface area contributed by atoms with Gasteiger partial charge in [0.15, 0.2) is 11.3 Å². The van der Waals surface area contributed by atoms with E-state index in [4.69, 9.17) is 31.1 Å². The summed E-state index contributed by atoms with van der Waals surface area (Å²) < 4.78 is 46.8. The molecule has 2 amide bonds. The Bertz CT molecular complexity index is 3310. The molecule has 0 saturated heterocycles. The number of ether oxygens (including phenoxy) is 2. The molecule has 0 unspecified atom stereocenters. The Morgan fingerprint density at radius 1 is 0.672 bits per heavy atom. The molecule has 2 aliphatic carbocycles. The summed E-state index contributed by atoms with van der Waals surface area (Å²) in [6, 6.07) is 24.7. The normalized spacial score (nSPS) is 17.6. The number of benzene rings is 4. The van der Waals surface area contributed by atoms with Gasteiger partial charge in [-0.15, -0.1) is 0 Å². The minimum atomic E-state index is -0.595. The SMILES string of the molecule is CC#CC(=O)N[C@H]1C[C@@H](n2nc(-c3ccc(Oc4cccc(/C=C/C(=O)N[C@H]5C[C@@H](n6nc(-c7ccc(Oc8ccccc8)cc7F)c7c(N)ncnc76)C5)c4)cc3F)c3c(N)ncnc32)C1. The second kappa shape index (κ2) is 17.7. The summed E-state index contributed by atoms with van der Waals surface area (Å²) in [5, 5.41) is 16.3. The number of fused-ring (bicyclic) bond motifs is 2. The lowest BCUT2D eigenvalue weighted by Crippen LogP contribution is -2.44. The summed E-state index contributed by atoms with van der Waals surface area (Å²) in [6.07, 6.45) is 8.08. The number of nitrogens with one attached hydrogen (secondary N) is 2. The Morgan fingerprint density at radius 2 is 1.19 bits per heavy atom. The quantitative estimate of drug-likeness (QED) is 0.0686. The van der Waals surface area contributed by atoms with E-state index in [9.17, 15) is 9.59 Å². The molecule has 2 saturated carbocycles. The molecule has 0 bridgehead atoms. The fraction of sp³-hybridized carbons (Fsp3) is 0.184. The molecule has 6 N–H and O–H groups in total. The number of carbonyl (C=O) groups excluding carboxylic acids is 2. The number of anilines is 2. The second-order valence-electron chi connectivity index (χ2n) is 16.2. The standard InChI is InChI=1S/C49H40F2N12O4/c1-2-7-40(64)58-28-19-30(20-28)62-48-43(47(53)55-25-56-48)45(61-62)37-16-14-35(24-39(37)51)67-33-11-6-8-27(18-33)12-17-41(65)59-29-21-31(22-29)63-49-42(46(52)54-26-57-49)44(60-63)36-15-13-34(23-38(36)50)66-32-9-4-3-5-10-32/h3-6,8-18,23-26,28-31H,19-22H2,1H3,(H,58,64)(H,59,65)(H2,52,54,57)(H2,53,55,56)/b17-12+/t28-,29-,30+,31+. The van der Waals surface area contributed by atoms with Crippen LogP contribution in [0.25, 0.3) is 50.7 Å². The summed E-state index contributed by atoms with van der Waals surface area (Å²) in [5.41, 5.74) is 15.2. The van der Waals surface area contributed by atoms with Crippen LogP contribution in [0.5, 0.6) is 23.0 Å². The van der Waals surface area contributed by atoms with E-state index in [1.165, 1.54) is 30.9 Å². The van der Waals surface area contributed by atoms with Gasteiger partial charge in [0, 0.05) is 41.4 Å². The van der Waals surface area contributed by atoms with Crippen molar-refractivity contribution < 1.29 is 27.8 Å². The molecule has 0 radical (unpaired) electrons. The van der Waals surface area contributed by atoms with Gasteiger partial charge in [0.1, 0.15) is 70.3 Å². The fourth-order valence-corrected chi connectivity index (χ4v) is 8.39. The van der Waals surface area contributed by atoms with Crippen LogP contribution in [0.3, 0.4) is 0 Å². The lowest BCUT2D eigenvalue weighted by molar-refractivity contribution is -0.118. The van der Waals surface area contributed by atoms with Crippen molar-refractivity contribution in [3.8, 4) is 57.4 Å². The third-order valence-corrected chi connectivity index (χ3v) is 11.8. The van der Waals surface area contributed by atoms with Crippen molar-refractivity contribution in [1.82, 2.24) is 50.1 Å². The molecule has 2 aliphatic rings. The van der Waals surface area contributed by atoms with Crippen molar-refractivity contribution >= 4 is 51.6 Å². The smallest absolute Gasteiger partial charge is 0.296 e. The van der Waals surface area contributed by atoms with Crippen LogP contribution in [0.4, 0.5) is 20.4 Å². The van der Waals surface area contributed by atoms with Gasteiger partial charge in [0.25, 0.3) is 5.91 Å². The Hall–Kier alpha value is -8.72. The summed E-state index contributed by atoms with van der Waals surface area (Å²) in [6.45, 7) is 1.60. The maximum Gasteiger partial charge on any atom is 0.296 e. The van der Waals surface area contributed by atoms with Crippen LogP contribution in [0.15, 0.2) is 110 Å². The summed E-state index contributed by atoms with van der Waals surface area (Å²) in [7, 11) is 0. The number of aromatic nitrogens is 8. The Kier molecular flexibility index (Phi) is 11.2. The van der Waals surface area contributed by atoms with Crippen LogP contribution >= 0.6 is 0 Å². The van der Waals surface area contributed by atoms with Crippen LogP contribution in [0.1, 0.15) is 50.3 Å². The average Bonchev–Trinajstić information content (AvgIpc) is 3.86. The van der Waals surface area contributed by atoms with E-state index in [1.807, 2.05) is 24.3 Å². The first kappa shape index (κ1) is 42.2. The van der Waals surface area contributed by atoms with Crippen molar-refractivity contribution in [2.75, 3.05) is 11.5 Å². The van der Waals surface area contributed by atoms with E-state index >= 15 is 8.78 Å². The molecule has 67 heavy (non-hydrogen) atoms. The number of nitrogens with two attached hydrogens (primary N) is 2. The second-order valence-corrected chi connectivity index (χ2v) is 16.2. The highest BCUT2D eigenvalue weighted by Gasteiger charge is 2.36. The van der Waals surface area contributed by atoms with E-state index in [0.717, 1.165) is 0 Å². The molecule has 0 spiro atoms. The van der Waals surface area contributed by atoms with Gasteiger partial charge in [0.2, 0.25) is 5.91 Å². The average molecular weight is 899 g/mol. The predicted molar refractivity (Wildman–Crippen MR) is 246 cm³/mol. The molecule has 334 valence electrons. The van der Waals surface area contributed by atoms with E-state index in [-0.39, 0.29) is 70.2 Å². The Labute approximate surface area is 381 Å². The molecule has 0 atom stereocenters. The number of amides is 2. The molecule has 0 aliphatic heterocycles. The maximum absolute atomic E-state index is 15.9. The van der Waals surface area contributed by atoms with Crippen LogP contribution in [-0.4, -0.2) is 63.4 Å². The van der Waals surface area contributed by atoms with Gasteiger partial charge in [-0.1, -0.05) is 36.3 Å². The van der Waals surface area contributed by atoms with Gasteiger partial charge >= 0.3 is 0 Å². The van der Waals surface area contributed by atoms with Crippen LogP contribution < -0.4 is 31.6 Å². The van der Waals surface area contributed by atoms with Gasteiger partial charge in [-0.3, -0.25) is 9.59 Å². The molecule has 4 heterocycles. The molecule has 16 nitrogen and oxygen atoms in total. The Balaban J connectivity index is 0.772. The minimum Gasteiger partial charge on any atom is -0.457 e. The zero-order valence-corrected chi connectivity index (χ0v) is 35.7. The van der Waals surface area contributed by atoms with Crippen LogP contribution in [-0.2, 0) is 9.59 Å². The molecule has 10 rings (SSSR count). The van der Waals surface area contributed by atoms with Gasteiger partial charge in [0.05, 0.1) is 22.9 Å². The van der Waals surface area contributed by atoms with Crippen molar-refractivity contribution in [3.05, 3.63) is 127 Å². The van der Waals surface area contributed by atoms with Crippen molar-refractivity contribution in [1.29, 1.82) is 0 Å². The number of halogens is 2. The van der Waals surface area contributed by atoms with Crippen molar-refractivity contribution in [2.45, 2.75) is 56.8 Å². The van der Waals surface area contributed by atoms with Crippen LogP contribution in [0, 0.1) is 23.5 Å². The number of nitrogens with zero attached hydrogens (tertiary/aromatic N) is 8. The third-order valence-electron chi connectivity index (χ3n) is 11.8. The minimum absolute atomic E-state index is 0.0718. The molecular formula is C49H40F2N12O4. The van der Waals surface area contributed by atoms with Gasteiger partial charge in [-0.2, -0.15) is 10.2 Å². The first-order valence-corrected chi connectivity index (χ1v) is 21.4. The highest BCUT2D eigenvalue weighted by molar-refractivity contribution is 5.99. The summed E-state index contributed by atoms with van der Waals surface area (Å²) in [5.74, 6) is 5.21. The molecule has 4 aromatic heterocycles.